The van der Waals surface area contributed by atoms with Gasteiger partial charge in [0.05, 0.1) is 0 Å². The van der Waals surface area contributed by atoms with Crippen LogP contribution >= 0.6 is 11.3 Å². The number of carbonyl (C=O) groups is 1. The zero-order valence-corrected chi connectivity index (χ0v) is 18.7. The largest absolute Gasteiger partial charge is 0.325 e. The second-order valence-electron chi connectivity index (χ2n) is 7.39. The topological polar surface area (TPSA) is 69.7 Å². The van der Waals surface area contributed by atoms with E-state index in [1.807, 2.05) is 54.6 Å². The van der Waals surface area contributed by atoms with Crippen molar-refractivity contribution in [3.63, 3.8) is 0 Å². The van der Waals surface area contributed by atoms with Crippen molar-refractivity contribution < 1.29 is 13.2 Å². The van der Waals surface area contributed by atoms with Crippen LogP contribution < -0.4 is 5.32 Å². The molecule has 0 atom stereocenters. The standard InChI is InChI=1S/C23H25N3O3S2/c27-22(24-21-10-5-4-9-20(21)19-7-2-1-3-8-19)12-13-25-14-16-26(17-15-25)31(28,29)23-11-6-18-30-23/h1-11,18H,12-17H2,(H,24,27). The number of amides is 1. The Balaban J connectivity index is 1.29. The summed E-state index contributed by atoms with van der Waals surface area (Å²) in [6, 6.07) is 21.1. The number of piperazine rings is 1. The minimum atomic E-state index is -3.40. The van der Waals surface area contributed by atoms with Crippen molar-refractivity contribution >= 4 is 33.0 Å². The van der Waals surface area contributed by atoms with Gasteiger partial charge in [-0.05, 0) is 23.1 Å². The van der Waals surface area contributed by atoms with Crippen molar-refractivity contribution in [3.05, 3.63) is 72.1 Å². The number of sulfonamides is 1. The van der Waals surface area contributed by atoms with Crippen molar-refractivity contribution in [2.24, 2.45) is 0 Å². The maximum Gasteiger partial charge on any atom is 0.252 e. The number of nitrogens with one attached hydrogen (secondary N) is 1. The molecule has 0 aliphatic carbocycles. The highest BCUT2D eigenvalue weighted by Crippen LogP contribution is 2.27. The first kappa shape index (κ1) is 21.7. The maximum absolute atomic E-state index is 12.6. The Morgan fingerprint density at radius 3 is 2.32 bits per heavy atom. The molecule has 1 N–H and O–H groups in total. The van der Waals surface area contributed by atoms with Crippen molar-refractivity contribution in [2.75, 3.05) is 38.0 Å². The Labute approximate surface area is 187 Å². The lowest BCUT2D eigenvalue weighted by atomic mass is 10.0. The number of rotatable bonds is 7. The molecule has 2 aromatic carbocycles. The predicted octanol–water partition coefficient (Wildman–Crippen LogP) is 3.75. The third kappa shape index (κ3) is 5.22. The van der Waals surface area contributed by atoms with E-state index in [1.165, 1.54) is 15.6 Å². The zero-order chi connectivity index (χ0) is 21.7. The molecule has 3 aromatic rings. The Kier molecular flexibility index (Phi) is 6.82. The van der Waals surface area contributed by atoms with Gasteiger partial charge in [-0.15, -0.1) is 11.3 Å². The third-order valence-corrected chi connectivity index (χ3v) is 8.63. The summed E-state index contributed by atoms with van der Waals surface area (Å²) in [5.41, 5.74) is 2.84. The van der Waals surface area contributed by atoms with E-state index < -0.39 is 10.0 Å². The first-order valence-corrected chi connectivity index (χ1v) is 12.6. The Bertz CT molecular complexity index is 1110. The molecule has 0 bridgehead atoms. The number of para-hydroxylation sites is 1. The molecule has 1 amide bonds. The normalized spacial score (nSPS) is 15.6. The van der Waals surface area contributed by atoms with Crippen LogP contribution in [0.5, 0.6) is 0 Å². The van der Waals surface area contributed by atoms with Crippen molar-refractivity contribution in [1.29, 1.82) is 0 Å². The van der Waals surface area contributed by atoms with E-state index in [1.54, 1.807) is 17.5 Å². The Morgan fingerprint density at radius 2 is 1.61 bits per heavy atom. The number of thiophene rings is 1. The molecule has 0 saturated carbocycles. The summed E-state index contributed by atoms with van der Waals surface area (Å²) in [6.45, 7) is 2.74. The molecular weight excluding hydrogens is 430 g/mol. The number of hydrogen-bond acceptors (Lipinski definition) is 5. The number of anilines is 1. The quantitative estimate of drug-likeness (QED) is 0.589. The van der Waals surface area contributed by atoms with E-state index in [4.69, 9.17) is 0 Å². The van der Waals surface area contributed by atoms with Gasteiger partial charge in [0.2, 0.25) is 5.91 Å². The molecule has 162 valence electrons. The monoisotopic (exact) mass is 455 g/mol. The second-order valence-corrected chi connectivity index (χ2v) is 10.5. The van der Waals surface area contributed by atoms with Gasteiger partial charge in [0.25, 0.3) is 10.0 Å². The van der Waals surface area contributed by atoms with Gasteiger partial charge in [0.15, 0.2) is 0 Å². The Morgan fingerprint density at radius 1 is 0.903 bits per heavy atom. The van der Waals surface area contributed by atoms with Gasteiger partial charge in [-0.2, -0.15) is 4.31 Å². The number of hydrogen-bond donors (Lipinski definition) is 1. The molecule has 6 nitrogen and oxygen atoms in total. The van der Waals surface area contributed by atoms with Gasteiger partial charge < -0.3 is 10.2 Å². The Hall–Kier alpha value is -2.52. The first-order chi connectivity index (χ1) is 15.0. The highest BCUT2D eigenvalue weighted by atomic mass is 32.2. The smallest absolute Gasteiger partial charge is 0.252 e. The summed E-state index contributed by atoms with van der Waals surface area (Å²) in [4.78, 5) is 14.7. The van der Waals surface area contributed by atoms with Crippen LogP contribution in [0.2, 0.25) is 0 Å². The maximum atomic E-state index is 12.6. The van der Waals surface area contributed by atoms with E-state index >= 15 is 0 Å². The summed E-state index contributed by atoms with van der Waals surface area (Å²) in [6.07, 6.45) is 0.362. The van der Waals surface area contributed by atoms with Crippen molar-refractivity contribution in [2.45, 2.75) is 10.6 Å². The molecule has 2 heterocycles. The highest BCUT2D eigenvalue weighted by molar-refractivity contribution is 7.91. The van der Waals surface area contributed by atoms with Crippen LogP contribution in [-0.4, -0.2) is 56.3 Å². The van der Waals surface area contributed by atoms with Crippen LogP contribution in [0.25, 0.3) is 11.1 Å². The predicted molar refractivity (Wildman–Crippen MR) is 125 cm³/mol. The van der Waals surface area contributed by atoms with Crippen molar-refractivity contribution in [1.82, 2.24) is 9.21 Å². The first-order valence-electron chi connectivity index (χ1n) is 10.2. The van der Waals surface area contributed by atoms with Gasteiger partial charge in [-0.3, -0.25) is 4.79 Å². The average Bonchev–Trinajstić information content (AvgIpc) is 3.35. The van der Waals surface area contributed by atoms with E-state index in [0.717, 1.165) is 16.8 Å². The van der Waals surface area contributed by atoms with E-state index in [2.05, 4.69) is 10.2 Å². The van der Waals surface area contributed by atoms with Gasteiger partial charge in [-0.25, -0.2) is 8.42 Å². The van der Waals surface area contributed by atoms with Crippen LogP contribution in [0, 0.1) is 0 Å². The lowest BCUT2D eigenvalue weighted by molar-refractivity contribution is -0.116. The lowest BCUT2D eigenvalue weighted by Gasteiger charge is -2.33. The lowest BCUT2D eigenvalue weighted by Crippen LogP contribution is -2.48. The SMILES string of the molecule is O=C(CCN1CCN(S(=O)(=O)c2cccs2)CC1)Nc1ccccc1-c1ccccc1. The number of carbonyl (C=O) groups excluding carboxylic acids is 1. The molecule has 0 radical (unpaired) electrons. The van der Waals surface area contributed by atoms with Crippen LogP contribution in [0.15, 0.2) is 76.3 Å². The van der Waals surface area contributed by atoms with Gasteiger partial charge in [-0.1, -0.05) is 54.6 Å². The molecule has 1 aliphatic heterocycles. The number of nitrogens with zero attached hydrogens (tertiary/aromatic N) is 2. The molecular formula is C23H25N3O3S2. The highest BCUT2D eigenvalue weighted by Gasteiger charge is 2.29. The van der Waals surface area contributed by atoms with E-state index in [0.29, 0.717) is 43.4 Å². The third-order valence-electron chi connectivity index (χ3n) is 5.36. The minimum absolute atomic E-state index is 0.0444. The molecule has 1 saturated heterocycles. The fourth-order valence-electron chi connectivity index (χ4n) is 3.66. The van der Waals surface area contributed by atoms with Crippen LogP contribution in [0.1, 0.15) is 6.42 Å². The van der Waals surface area contributed by atoms with Gasteiger partial charge >= 0.3 is 0 Å². The molecule has 31 heavy (non-hydrogen) atoms. The summed E-state index contributed by atoms with van der Waals surface area (Å²) in [7, 11) is -3.40. The fraction of sp³-hybridized carbons (Fsp3) is 0.261. The summed E-state index contributed by atoms with van der Waals surface area (Å²) < 4.78 is 27.2. The molecule has 4 rings (SSSR count). The van der Waals surface area contributed by atoms with Crippen molar-refractivity contribution in [3.8, 4) is 11.1 Å². The molecule has 0 spiro atoms. The van der Waals surface area contributed by atoms with Gasteiger partial charge in [0.1, 0.15) is 4.21 Å². The zero-order valence-electron chi connectivity index (χ0n) is 17.1. The summed E-state index contributed by atoms with van der Waals surface area (Å²) in [5, 5.41) is 4.81. The second kappa shape index (κ2) is 9.74. The molecule has 8 heteroatoms. The minimum Gasteiger partial charge on any atom is -0.325 e. The average molecular weight is 456 g/mol. The van der Waals surface area contributed by atoms with Crippen LogP contribution in [-0.2, 0) is 14.8 Å². The summed E-state index contributed by atoms with van der Waals surface area (Å²) in [5.74, 6) is -0.0444. The summed E-state index contributed by atoms with van der Waals surface area (Å²) >= 11 is 1.24. The molecule has 1 aliphatic rings. The molecule has 0 unspecified atom stereocenters. The van der Waals surface area contributed by atoms with Crippen LogP contribution in [0.3, 0.4) is 0 Å². The van der Waals surface area contributed by atoms with E-state index in [-0.39, 0.29) is 5.91 Å². The van der Waals surface area contributed by atoms with E-state index in [9.17, 15) is 13.2 Å². The molecule has 1 fully saturated rings. The number of benzene rings is 2. The van der Waals surface area contributed by atoms with Gasteiger partial charge in [0, 0.05) is 50.4 Å². The van der Waals surface area contributed by atoms with Crippen LogP contribution in [0.4, 0.5) is 5.69 Å². The fourth-order valence-corrected chi connectivity index (χ4v) is 6.23. The molecule has 1 aromatic heterocycles.